The number of aliphatic hydroxyl groups excluding tert-OH is 8. The molecule has 0 aromatic carbocycles. The minimum Gasteiger partial charge on any atom is -0.394 e. The van der Waals surface area contributed by atoms with Crippen molar-refractivity contribution in [2.75, 3.05) is 26.3 Å². The first kappa shape index (κ1) is 34.7. The van der Waals surface area contributed by atoms with Crippen LogP contribution >= 0.6 is 0 Å². The molecule has 0 unspecified atom stereocenters. The summed E-state index contributed by atoms with van der Waals surface area (Å²) in [6.45, 7) is 4.12. The summed E-state index contributed by atoms with van der Waals surface area (Å²) < 4.78 is 11.0. The highest BCUT2D eigenvalue weighted by Gasteiger charge is 2.45. The SMILES string of the molecule is CC(C)C[C@@H](NCC[C@H]1O[C@H](CO)[C@@H](O)[C@H](O)[C@@H]1O)C(=O)N(CC[C@@H]1O[C@@H](CO)[C@H](O)[C@@H](O)[C@H]1O)[C@H](C)C(N)=O. The molecule has 2 fully saturated rings. The highest BCUT2D eigenvalue weighted by Crippen LogP contribution is 2.25. The Balaban J connectivity index is 2.12. The van der Waals surface area contributed by atoms with E-state index in [-0.39, 0.29) is 31.8 Å². The van der Waals surface area contributed by atoms with E-state index in [1.165, 1.54) is 11.8 Å². The van der Waals surface area contributed by atoms with Gasteiger partial charge in [-0.05, 0) is 38.6 Å². The zero-order valence-electron chi connectivity index (χ0n) is 23.2. The fourth-order valence-corrected chi connectivity index (χ4v) is 5.09. The van der Waals surface area contributed by atoms with E-state index in [9.17, 15) is 50.4 Å². The first-order valence-corrected chi connectivity index (χ1v) is 13.7. The molecular formula is C25H47N3O12. The number of hydrogen-bond donors (Lipinski definition) is 10. The molecule has 15 nitrogen and oxygen atoms in total. The van der Waals surface area contributed by atoms with Gasteiger partial charge in [-0.3, -0.25) is 9.59 Å². The van der Waals surface area contributed by atoms with Crippen LogP contribution in [0.5, 0.6) is 0 Å². The minimum absolute atomic E-state index is 0.0376. The van der Waals surface area contributed by atoms with Gasteiger partial charge in [0.2, 0.25) is 11.8 Å². The molecule has 234 valence electrons. The molecule has 2 heterocycles. The lowest BCUT2D eigenvalue weighted by Crippen LogP contribution is -2.60. The predicted octanol–water partition coefficient (Wildman–Crippen LogP) is -4.84. The molecule has 2 amide bonds. The number of primary amides is 1. The molecule has 0 aromatic rings. The Morgan fingerprint density at radius 1 is 0.775 bits per heavy atom. The second-order valence-corrected chi connectivity index (χ2v) is 11.1. The molecule has 40 heavy (non-hydrogen) atoms. The molecule has 2 saturated heterocycles. The Labute approximate surface area is 233 Å². The molecular weight excluding hydrogens is 534 g/mol. The first-order chi connectivity index (χ1) is 18.7. The van der Waals surface area contributed by atoms with Crippen LogP contribution in [0.25, 0.3) is 0 Å². The molecule has 11 N–H and O–H groups in total. The van der Waals surface area contributed by atoms with E-state index in [4.69, 9.17) is 15.2 Å². The van der Waals surface area contributed by atoms with E-state index in [0.717, 1.165) is 0 Å². The Morgan fingerprint density at radius 3 is 1.65 bits per heavy atom. The van der Waals surface area contributed by atoms with Gasteiger partial charge in [0.1, 0.15) is 54.9 Å². The molecule has 2 aliphatic rings. The van der Waals surface area contributed by atoms with Gasteiger partial charge in [-0.2, -0.15) is 0 Å². The monoisotopic (exact) mass is 581 g/mol. The molecule has 0 radical (unpaired) electrons. The largest absolute Gasteiger partial charge is 0.394 e. The van der Waals surface area contributed by atoms with E-state index in [1.54, 1.807) is 0 Å². The van der Waals surface area contributed by atoms with Crippen molar-refractivity contribution < 1.29 is 59.9 Å². The highest BCUT2D eigenvalue weighted by atomic mass is 16.6. The van der Waals surface area contributed by atoms with Gasteiger partial charge in [0, 0.05) is 6.54 Å². The molecule has 12 atom stereocenters. The number of rotatable bonds is 14. The van der Waals surface area contributed by atoms with Crippen molar-refractivity contribution in [3.63, 3.8) is 0 Å². The number of amides is 2. The van der Waals surface area contributed by atoms with E-state index < -0.39 is 98.2 Å². The lowest BCUT2D eigenvalue weighted by molar-refractivity contribution is -0.231. The average Bonchev–Trinajstić information content (AvgIpc) is 2.91. The van der Waals surface area contributed by atoms with Crippen molar-refractivity contribution in [1.82, 2.24) is 10.2 Å². The second kappa shape index (κ2) is 15.7. The smallest absolute Gasteiger partial charge is 0.240 e. The topological polar surface area (TPSA) is 256 Å². The third-order valence-corrected chi connectivity index (χ3v) is 7.62. The molecule has 2 rings (SSSR count). The third-order valence-electron chi connectivity index (χ3n) is 7.62. The number of ether oxygens (including phenoxy) is 2. The van der Waals surface area contributed by atoms with E-state index in [2.05, 4.69) is 5.32 Å². The van der Waals surface area contributed by atoms with Crippen LogP contribution in [0, 0.1) is 5.92 Å². The molecule has 0 bridgehead atoms. The van der Waals surface area contributed by atoms with Gasteiger partial charge in [-0.15, -0.1) is 0 Å². The van der Waals surface area contributed by atoms with Crippen molar-refractivity contribution in [2.24, 2.45) is 11.7 Å². The fraction of sp³-hybridized carbons (Fsp3) is 0.920. The maximum absolute atomic E-state index is 13.7. The number of aliphatic hydroxyl groups is 8. The molecule has 15 heteroatoms. The van der Waals surface area contributed by atoms with Gasteiger partial charge in [0.25, 0.3) is 0 Å². The van der Waals surface area contributed by atoms with Crippen molar-refractivity contribution >= 4 is 11.8 Å². The highest BCUT2D eigenvalue weighted by molar-refractivity contribution is 5.88. The third kappa shape index (κ3) is 8.51. The molecule has 0 saturated carbocycles. The van der Waals surface area contributed by atoms with Gasteiger partial charge in [0.05, 0.1) is 31.5 Å². The number of hydrogen-bond acceptors (Lipinski definition) is 13. The van der Waals surface area contributed by atoms with E-state index in [1.807, 2.05) is 13.8 Å². The van der Waals surface area contributed by atoms with Crippen LogP contribution in [0.1, 0.15) is 40.0 Å². The summed E-state index contributed by atoms with van der Waals surface area (Å²) >= 11 is 0. The quantitative estimate of drug-likeness (QED) is 0.0924. The standard InChI is InChI=1S/C25H47N3O12/c1-11(2)8-13(27-6-4-14-18(31)22(35)20(33)16(9-29)39-14)25(38)28(12(3)24(26)37)7-5-15-19(32)23(36)21(34)17(10-30)40-15/h11-23,27,29-36H,4-10H2,1-3H3,(H2,26,37)/t12-,13-,14-,15+,16-,17+,18-,19+,20-,21+,22-,23+/m1/s1. The fourth-order valence-electron chi connectivity index (χ4n) is 5.09. The maximum atomic E-state index is 13.7. The van der Waals surface area contributed by atoms with E-state index in [0.29, 0.717) is 6.42 Å². The second-order valence-electron chi connectivity index (χ2n) is 11.1. The summed E-state index contributed by atoms with van der Waals surface area (Å²) in [5.74, 6) is -1.20. The lowest BCUT2D eigenvalue weighted by atomic mass is 9.93. The van der Waals surface area contributed by atoms with Crippen LogP contribution in [0.2, 0.25) is 0 Å². The van der Waals surface area contributed by atoms with Crippen molar-refractivity contribution in [3.8, 4) is 0 Å². The van der Waals surface area contributed by atoms with Crippen LogP contribution in [0.3, 0.4) is 0 Å². The van der Waals surface area contributed by atoms with Crippen LogP contribution in [-0.2, 0) is 19.1 Å². The maximum Gasteiger partial charge on any atom is 0.240 e. The summed E-state index contributed by atoms with van der Waals surface area (Å²) in [6.07, 6.45) is -12.7. The minimum atomic E-state index is -1.58. The molecule has 0 aromatic heterocycles. The van der Waals surface area contributed by atoms with Crippen LogP contribution in [0.15, 0.2) is 0 Å². The van der Waals surface area contributed by atoms with Gasteiger partial charge < -0.3 is 66.3 Å². The van der Waals surface area contributed by atoms with Crippen LogP contribution in [0.4, 0.5) is 0 Å². The summed E-state index contributed by atoms with van der Waals surface area (Å²) in [5.41, 5.74) is 5.51. The Morgan fingerprint density at radius 2 is 1.23 bits per heavy atom. The summed E-state index contributed by atoms with van der Waals surface area (Å²) in [4.78, 5) is 27.0. The Hall–Kier alpha value is -1.50. The van der Waals surface area contributed by atoms with Crippen molar-refractivity contribution in [2.45, 2.75) is 113 Å². The number of nitrogens with one attached hydrogen (secondary N) is 1. The zero-order chi connectivity index (χ0) is 30.3. The lowest BCUT2D eigenvalue weighted by Gasteiger charge is -2.41. The van der Waals surface area contributed by atoms with Gasteiger partial charge >= 0.3 is 0 Å². The number of nitrogens with two attached hydrogens (primary N) is 1. The van der Waals surface area contributed by atoms with Gasteiger partial charge in [-0.1, -0.05) is 13.8 Å². The molecule has 0 spiro atoms. The molecule has 2 aliphatic heterocycles. The molecule has 0 aliphatic carbocycles. The normalized spacial score (nSPS) is 36.3. The number of carbonyl (C=O) groups excluding carboxylic acids is 2. The van der Waals surface area contributed by atoms with Crippen molar-refractivity contribution in [1.29, 1.82) is 0 Å². The van der Waals surface area contributed by atoms with Crippen molar-refractivity contribution in [3.05, 3.63) is 0 Å². The number of nitrogens with zero attached hydrogens (tertiary/aromatic N) is 1. The van der Waals surface area contributed by atoms with Gasteiger partial charge in [-0.25, -0.2) is 0 Å². The Bertz CT molecular complexity index is 803. The van der Waals surface area contributed by atoms with Gasteiger partial charge in [0.15, 0.2) is 0 Å². The zero-order valence-corrected chi connectivity index (χ0v) is 23.2. The average molecular weight is 582 g/mol. The Kier molecular flexibility index (Phi) is 13.6. The van der Waals surface area contributed by atoms with Crippen LogP contribution in [-0.4, -0.2) is 157 Å². The predicted molar refractivity (Wildman–Crippen MR) is 138 cm³/mol. The summed E-state index contributed by atoms with van der Waals surface area (Å²) in [7, 11) is 0. The first-order valence-electron chi connectivity index (χ1n) is 13.7. The van der Waals surface area contributed by atoms with Crippen LogP contribution < -0.4 is 11.1 Å². The summed E-state index contributed by atoms with van der Waals surface area (Å²) in [6, 6.07) is -1.85. The number of carbonyl (C=O) groups is 2. The van der Waals surface area contributed by atoms with E-state index >= 15 is 0 Å². The summed E-state index contributed by atoms with van der Waals surface area (Å²) in [5, 5.41) is 82.7.